The smallest absolute Gasteiger partial charge is 0.321 e. The quantitative estimate of drug-likeness (QED) is 0.878. The lowest BCUT2D eigenvalue weighted by Gasteiger charge is -2.25. The number of nitrogens with zero attached hydrogens (tertiary/aromatic N) is 1. The van der Waals surface area contributed by atoms with E-state index in [1.54, 1.807) is 18.2 Å². The standard InChI is InChI=1S/C16H26N2O2S/c1-6-13-9-8-10-14(7-2)15(13)17-16(19)18(4)12(3)11-21(5)20/h8-10,12H,6-7,11H2,1-5H3,(H,17,19)/t12-,21-/m0/s1. The minimum atomic E-state index is -0.913. The van der Waals surface area contributed by atoms with Gasteiger partial charge in [0, 0.05) is 41.6 Å². The van der Waals surface area contributed by atoms with E-state index in [1.165, 1.54) is 0 Å². The predicted molar refractivity (Wildman–Crippen MR) is 90.4 cm³/mol. The normalized spacial score (nSPS) is 13.6. The summed E-state index contributed by atoms with van der Waals surface area (Å²) < 4.78 is 11.3. The molecular weight excluding hydrogens is 284 g/mol. The van der Waals surface area contributed by atoms with Gasteiger partial charge >= 0.3 is 6.03 Å². The molecule has 2 amide bonds. The van der Waals surface area contributed by atoms with E-state index in [2.05, 4.69) is 19.2 Å². The number of anilines is 1. The van der Waals surface area contributed by atoms with Crippen molar-refractivity contribution < 1.29 is 9.00 Å². The summed E-state index contributed by atoms with van der Waals surface area (Å²) in [4.78, 5) is 14.0. The number of carbonyl (C=O) groups is 1. The zero-order valence-corrected chi connectivity index (χ0v) is 14.4. The molecule has 1 rings (SSSR count). The van der Waals surface area contributed by atoms with Gasteiger partial charge in [0.05, 0.1) is 0 Å². The third kappa shape index (κ3) is 4.84. The molecule has 0 radical (unpaired) electrons. The molecule has 0 aliphatic heterocycles. The number of para-hydroxylation sites is 1. The maximum absolute atomic E-state index is 12.4. The molecule has 0 saturated carbocycles. The minimum Gasteiger partial charge on any atom is -0.324 e. The lowest BCUT2D eigenvalue weighted by Crippen LogP contribution is -2.41. The zero-order chi connectivity index (χ0) is 16.0. The van der Waals surface area contributed by atoms with Gasteiger partial charge in [-0.05, 0) is 30.9 Å². The van der Waals surface area contributed by atoms with Gasteiger partial charge in [-0.3, -0.25) is 4.21 Å². The van der Waals surface area contributed by atoms with Crippen LogP contribution < -0.4 is 5.32 Å². The first-order chi connectivity index (χ1) is 9.90. The van der Waals surface area contributed by atoms with Crippen molar-refractivity contribution in [2.75, 3.05) is 24.4 Å². The topological polar surface area (TPSA) is 49.4 Å². The summed E-state index contributed by atoms with van der Waals surface area (Å²) in [6.45, 7) is 6.07. The second-order valence-electron chi connectivity index (χ2n) is 5.29. The molecule has 5 heteroatoms. The zero-order valence-electron chi connectivity index (χ0n) is 13.6. The number of urea groups is 1. The first-order valence-electron chi connectivity index (χ1n) is 7.35. The van der Waals surface area contributed by atoms with E-state index in [-0.39, 0.29) is 12.1 Å². The Labute approximate surface area is 130 Å². The van der Waals surface area contributed by atoms with Gasteiger partial charge < -0.3 is 10.2 Å². The van der Waals surface area contributed by atoms with E-state index in [4.69, 9.17) is 0 Å². The highest BCUT2D eigenvalue weighted by Gasteiger charge is 2.18. The van der Waals surface area contributed by atoms with Crippen molar-refractivity contribution in [1.29, 1.82) is 0 Å². The molecule has 118 valence electrons. The van der Waals surface area contributed by atoms with Crippen LogP contribution in [0.15, 0.2) is 18.2 Å². The van der Waals surface area contributed by atoms with Crippen LogP contribution in [0, 0.1) is 0 Å². The van der Waals surface area contributed by atoms with E-state index < -0.39 is 10.8 Å². The summed E-state index contributed by atoms with van der Waals surface area (Å²) in [5.74, 6) is 0.486. The van der Waals surface area contributed by atoms with E-state index >= 15 is 0 Å². The number of carbonyl (C=O) groups excluding carboxylic acids is 1. The molecular formula is C16H26N2O2S. The number of benzene rings is 1. The Morgan fingerprint density at radius 2 is 1.81 bits per heavy atom. The molecule has 21 heavy (non-hydrogen) atoms. The Kier molecular flexibility index (Phi) is 6.89. The van der Waals surface area contributed by atoms with E-state index in [0.29, 0.717) is 5.75 Å². The average molecular weight is 310 g/mol. The maximum Gasteiger partial charge on any atom is 0.321 e. The molecule has 0 aromatic heterocycles. The molecule has 1 aromatic rings. The highest BCUT2D eigenvalue weighted by molar-refractivity contribution is 7.84. The largest absolute Gasteiger partial charge is 0.324 e. The van der Waals surface area contributed by atoms with Crippen LogP contribution in [0.25, 0.3) is 0 Å². The van der Waals surface area contributed by atoms with Crippen LogP contribution >= 0.6 is 0 Å². The molecule has 1 aromatic carbocycles. The lowest BCUT2D eigenvalue weighted by molar-refractivity contribution is 0.212. The number of rotatable bonds is 6. The third-order valence-corrected chi connectivity index (χ3v) is 4.64. The van der Waals surface area contributed by atoms with E-state index in [1.807, 2.05) is 25.1 Å². The van der Waals surface area contributed by atoms with Crippen molar-refractivity contribution in [3.8, 4) is 0 Å². The van der Waals surface area contributed by atoms with Crippen LogP contribution in [0.5, 0.6) is 0 Å². The van der Waals surface area contributed by atoms with Crippen molar-refractivity contribution in [3.63, 3.8) is 0 Å². The Balaban J connectivity index is 2.90. The summed E-state index contributed by atoms with van der Waals surface area (Å²) in [5, 5.41) is 3.02. The fraction of sp³-hybridized carbons (Fsp3) is 0.562. The predicted octanol–water partition coefficient (Wildman–Crippen LogP) is 3.04. The Hall–Kier alpha value is -1.36. The number of hydrogen-bond acceptors (Lipinski definition) is 2. The highest BCUT2D eigenvalue weighted by atomic mass is 32.2. The van der Waals surface area contributed by atoms with Crippen LogP contribution in [0.4, 0.5) is 10.5 Å². The molecule has 0 heterocycles. The van der Waals surface area contributed by atoms with Gasteiger partial charge in [-0.25, -0.2) is 4.79 Å². The summed E-state index contributed by atoms with van der Waals surface area (Å²) in [6.07, 6.45) is 3.41. The number of hydrogen-bond donors (Lipinski definition) is 1. The van der Waals surface area contributed by atoms with Gasteiger partial charge in [-0.15, -0.1) is 0 Å². The highest BCUT2D eigenvalue weighted by Crippen LogP contribution is 2.23. The van der Waals surface area contributed by atoms with Gasteiger partial charge in [-0.1, -0.05) is 32.0 Å². The summed E-state index contributed by atoms with van der Waals surface area (Å²) in [7, 11) is 0.830. The van der Waals surface area contributed by atoms with E-state index in [9.17, 15) is 9.00 Å². The Morgan fingerprint density at radius 3 is 2.24 bits per heavy atom. The van der Waals surface area contributed by atoms with Crippen LogP contribution in [0.1, 0.15) is 31.9 Å². The second kappa shape index (κ2) is 8.17. The van der Waals surface area contributed by atoms with Crippen LogP contribution in [-0.2, 0) is 23.6 Å². The van der Waals surface area contributed by atoms with Crippen molar-refractivity contribution in [1.82, 2.24) is 4.90 Å². The maximum atomic E-state index is 12.4. The van der Waals surface area contributed by atoms with Crippen LogP contribution in [-0.4, -0.2) is 40.2 Å². The van der Waals surface area contributed by atoms with Crippen LogP contribution in [0.2, 0.25) is 0 Å². The number of amides is 2. The fourth-order valence-electron chi connectivity index (χ4n) is 2.25. The number of aryl methyl sites for hydroxylation is 2. The molecule has 0 spiro atoms. The van der Waals surface area contributed by atoms with Crippen molar-refractivity contribution in [3.05, 3.63) is 29.3 Å². The first kappa shape index (κ1) is 17.7. The van der Waals surface area contributed by atoms with Crippen molar-refractivity contribution in [2.24, 2.45) is 0 Å². The Bertz CT molecular complexity index is 495. The molecule has 0 bridgehead atoms. The summed E-state index contributed by atoms with van der Waals surface area (Å²) >= 11 is 0. The summed E-state index contributed by atoms with van der Waals surface area (Å²) in [6, 6.07) is 5.90. The molecule has 0 aliphatic rings. The van der Waals surface area contributed by atoms with Gasteiger partial charge in [0.15, 0.2) is 0 Å². The van der Waals surface area contributed by atoms with Crippen molar-refractivity contribution >= 4 is 22.5 Å². The first-order valence-corrected chi connectivity index (χ1v) is 9.07. The van der Waals surface area contributed by atoms with Crippen LogP contribution in [0.3, 0.4) is 0 Å². The minimum absolute atomic E-state index is 0.0605. The molecule has 0 aliphatic carbocycles. The molecule has 2 atom stereocenters. The van der Waals surface area contributed by atoms with E-state index in [0.717, 1.165) is 29.7 Å². The van der Waals surface area contributed by atoms with Gasteiger partial charge in [0.2, 0.25) is 0 Å². The fourth-order valence-corrected chi connectivity index (χ4v) is 3.15. The molecule has 4 nitrogen and oxygen atoms in total. The monoisotopic (exact) mass is 310 g/mol. The Morgan fingerprint density at radius 1 is 1.29 bits per heavy atom. The van der Waals surface area contributed by atoms with Crippen molar-refractivity contribution in [2.45, 2.75) is 39.7 Å². The number of nitrogens with one attached hydrogen (secondary N) is 1. The molecule has 0 saturated heterocycles. The molecule has 1 N–H and O–H groups in total. The van der Waals surface area contributed by atoms with Gasteiger partial charge in [-0.2, -0.15) is 0 Å². The molecule has 0 unspecified atom stereocenters. The third-order valence-electron chi connectivity index (χ3n) is 3.69. The summed E-state index contributed by atoms with van der Waals surface area (Å²) in [5.41, 5.74) is 3.20. The second-order valence-corrected chi connectivity index (χ2v) is 6.77. The average Bonchev–Trinajstić information content (AvgIpc) is 2.45. The van der Waals surface area contributed by atoms with Gasteiger partial charge in [0.25, 0.3) is 0 Å². The SMILES string of the molecule is CCc1cccc(CC)c1NC(=O)N(C)[C@@H](C)C[S@](C)=O. The van der Waals surface area contributed by atoms with Gasteiger partial charge in [0.1, 0.15) is 0 Å². The lowest BCUT2D eigenvalue weighted by atomic mass is 10.0. The molecule has 0 fully saturated rings.